The molecule has 200 valence electrons. The number of nitrogens with one attached hydrogen (secondary N) is 2. The van der Waals surface area contributed by atoms with Gasteiger partial charge in [0.05, 0.1) is 6.61 Å². The summed E-state index contributed by atoms with van der Waals surface area (Å²) in [5.41, 5.74) is 3.73. The average Bonchev–Trinajstić information content (AvgIpc) is 2.87. The third-order valence-corrected chi connectivity index (χ3v) is 5.62. The van der Waals surface area contributed by atoms with Gasteiger partial charge in [-0.25, -0.2) is 4.79 Å². The first kappa shape index (κ1) is 28.2. The molecule has 0 saturated carbocycles. The molecule has 0 aromatic heterocycles. The monoisotopic (exact) mass is 518 g/mol. The summed E-state index contributed by atoms with van der Waals surface area (Å²) < 4.78 is 15.6. The normalized spacial score (nSPS) is 10.9. The number of hydrogen-bond donors (Lipinski definition) is 2. The van der Waals surface area contributed by atoms with E-state index in [1.165, 1.54) is 12.1 Å². The van der Waals surface area contributed by atoms with Crippen LogP contribution in [0.2, 0.25) is 0 Å². The van der Waals surface area contributed by atoms with E-state index in [1.807, 2.05) is 31.2 Å². The highest BCUT2D eigenvalue weighted by Crippen LogP contribution is 2.32. The molecule has 0 spiro atoms. The van der Waals surface area contributed by atoms with Crippen molar-refractivity contribution in [1.82, 2.24) is 5.32 Å². The minimum Gasteiger partial charge on any atom is -0.483 e. The van der Waals surface area contributed by atoms with Crippen molar-refractivity contribution in [2.45, 2.75) is 46.6 Å². The fraction of sp³-hybridized carbons (Fsp3) is 0.300. The number of benzene rings is 3. The first-order chi connectivity index (χ1) is 18.1. The number of ether oxygens (including phenoxy) is 3. The average molecular weight is 519 g/mol. The van der Waals surface area contributed by atoms with Crippen molar-refractivity contribution in [2.75, 3.05) is 18.5 Å². The lowest BCUT2D eigenvalue weighted by molar-refractivity contribution is -0.123. The number of anilines is 1. The van der Waals surface area contributed by atoms with Crippen molar-refractivity contribution in [1.29, 1.82) is 0 Å². The number of para-hydroxylation sites is 1. The number of rotatable bonds is 9. The van der Waals surface area contributed by atoms with Crippen LogP contribution in [-0.2, 0) is 21.5 Å². The Morgan fingerprint density at radius 2 is 1.63 bits per heavy atom. The van der Waals surface area contributed by atoms with Crippen LogP contribution < -0.4 is 20.1 Å². The van der Waals surface area contributed by atoms with Gasteiger partial charge in [-0.1, -0.05) is 56.7 Å². The van der Waals surface area contributed by atoms with E-state index < -0.39 is 6.16 Å². The highest BCUT2D eigenvalue weighted by molar-refractivity contribution is 6.04. The van der Waals surface area contributed by atoms with Gasteiger partial charge < -0.3 is 24.8 Å². The third-order valence-electron chi connectivity index (χ3n) is 5.62. The largest absolute Gasteiger partial charge is 0.513 e. The molecule has 0 unspecified atom stereocenters. The third kappa shape index (κ3) is 8.09. The molecule has 0 atom stereocenters. The lowest BCUT2D eigenvalue weighted by atomic mass is 9.85. The molecular formula is C30H34N2O6. The molecule has 2 amide bonds. The molecule has 0 saturated heterocycles. The Hall–Kier alpha value is -4.33. The Labute approximate surface area is 223 Å². The van der Waals surface area contributed by atoms with E-state index in [4.69, 9.17) is 14.2 Å². The smallest absolute Gasteiger partial charge is 0.483 e. The predicted molar refractivity (Wildman–Crippen MR) is 146 cm³/mol. The predicted octanol–water partition coefficient (Wildman–Crippen LogP) is 5.78. The van der Waals surface area contributed by atoms with Crippen molar-refractivity contribution in [3.63, 3.8) is 0 Å². The zero-order valence-electron chi connectivity index (χ0n) is 22.4. The summed E-state index contributed by atoms with van der Waals surface area (Å²) in [6.07, 6.45) is -0.806. The Kier molecular flexibility index (Phi) is 9.49. The summed E-state index contributed by atoms with van der Waals surface area (Å²) in [6.45, 7) is 10.3. The molecule has 3 aromatic carbocycles. The topological polar surface area (TPSA) is 103 Å². The van der Waals surface area contributed by atoms with Crippen molar-refractivity contribution in [3.05, 3.63) is 89.0 Å². The fourth-order valence-corrected chi connectivity index (χ4v) is 3.65. The number of hydrogen-bond acceptors (Lipinski definition) is 6. The van der Waals surface area contributed by atoms with Gasteiger partial charge >= 0.3 is 6.16 Å². The molecule has 8 nitrogen and oxygen atoms in total. The minimum absolute atomic E-state index is 0.122. The van der Waals surface area contributed by atoms with Crippen molar-refractivity contribution < 1.29 is 28.6 Å². The molecule has 0 radical (unpaired) electrons. The van der Waals surface area contributed by atoms with Crippen molar-refractivity contribution >= 4 is 23.7 Å². The van der Waals surface area contributed by atoms with Crippen molar-refractivity contribution in [3.8, 4) is 11.5 Å². The molecule has 38 heavy (non-hydrogen) atoms. The van der Waals surface area contributed by atoms with Gasteiger partial charge in [0.2, 0.25) is 0 Å². The molecular weight excluding hydrogens is 484 g/mol. The van der Waals surface area contributed by atoms with Gasteiger partial charge in [-0.3, -0.25) is 9.59 Å². The highest BCUT2D eigenvalue weighted by Gasteiger charge is 2.20. The van der Waals surface area contributed by atoms with E-state index in [9.17, 15) is 14.4 Å². The van der Waals surface area contributed by atoms with Crippen LogP contribution in [0.5, 0.6) is 11.5 Å². The van der Waals surface area contributed by atoms with Crippen LogP contribution in [0.25, 0.3) is 0 Å². The van der Waals surface area contributed by atoms with E-state index in [1.54, 1.807) is 31.2 Å². The maximum absolute atomic E-state index is 12.8. The summed E-state index contributed by atoms with van der Waals surface area (Å²) in [6, 6.07) is 19.3. The SMILES string of the molecule is CCOC(=O)Oc1ccc(C(=O)Nc2ccccc2CNC(=O)COc2ccc(C)cc2C(C)(C)C)cc1. The minimum atomic E-state index is -0.806. The standard InChI is InChI=1S/C30H34N2O6/c1-6-36-29(35)38-23-14-12-21(13-15-23)28(34)32-25-10-8-7-9-22(25)18-31-27(33)19-37-26-16-11-20(2)17-24(26)30(3,4)5/h7-17H,6,18-19H2,1-5H3,(H,31,33)(H,32,34). The summed E-state index contributed by atoms with van der Waals surface area (Å²) in [7, 11) is 0. The lowest BCUT2D eigenvalue weighted by Gasteiger charge is -2.23. The van der Waals surface area contributed by atoms with E-state index in [2.05, 4.69) is 37.5 Å². The highest BCUT2D eigenvalue weighted by atomic mass is 16.7. The fourth-order valence-electron chi connectivity index (χ4n) is 3.65. The second-order valence-electron chi connectivity index (χ2n) is 9.74. The Bertz CT molecular complexity index is 1280. The van der Waals surface area contributed by atoms with Gasteiger partial charge in [-0.2, -0.15) is 0 Å². The van der Waals surface area contributed by atoms with Gasteiger partial charge in [0.15, 0.2) is 6.61 Å². The summed E-state index contributed by atoms with van der Waals surface area (Å²) in [5.74, 6) is 0.336. The van der Waals surface area contributed by atoms with Gasteiger partial charge in [-0.05, 0) is 66.8 Å². The summed E-state index contributed by atoms with van der Waals surface area (Å²) in [5, 5.41) is 5.72. The first-order valence-electron chi connectivity index (χ1n) is 12.4. The van der Waals surface area contributed by atoms with Gasteiger partial charge in [-0.15, -0.1) is 0 Å². The Balaban J connectivity index is 1.58. The zero-order chi connectivity index (χ0) is 27.7. The molecule has 0 aliphatic rings. The van der Waals surface area contributed by atoms with E-state index in [0.29, 0.717) is 17.0 Å². The molecule has 0 bridgehead atoms. The molecule has 8 heteroatoms. The molecule has 0 heterocycles. The maximum atomic E-state index is 12.8. The van der Waals surface area contributed by atoms with Crippen molar-refractivity contribution in [2.24, 2.45) is 0 Å². The van der Waals surface area contributed by atoms with E-state index >= 15 is 0 Å². The molecule has 2 N–H and O–H groups in total. The Morgan fingerprint density at radius 1 is 0.921 bits per heavy atom. The van der Waals surface area contributed by atoms with Crippen LogP contribution in [0.4, 0.5) is 10.5 Å². The second-order valence-corrected chi connectivity index (χ2v) is 9.74. The molecule has 3 aromatic rings. The van der Waals surface area contributed by atoms with Gasteiger partial charge in [0.1, 0.15) is 11.5 Å². The van der Waals surface area contributed by atoms with E-state index in [-0.39, 0.29) is 42.7 Å². The first-order valence-corrected chi connectivity index (χ1v) is 12.4. The van der Waals surface area contributed by atoms with E-state index in [0.717, 1.165) is 16.7 Å². The van der Waals surface area contributed by atoms with Gasteiger partial charge in [0, 0.05) is 17.8 Å². The van der Waals surface area contributed by atoms with Crippen LogP contribution in [0.1, 0.15) is 54.7 Å². The van der Waals surface area contributed by atoms with Crippen LogP contribution in [0.3, 0.4) is 0 Å². The second kappa shape index (κ2) is 12.8. The lowest BCUT2D eigenvalue weighted by Crippen LogP contribution is -2.29. The molecule has 0 aliphatic heterocycles. The zero-order valence-corrected chi connectivity index (χ0v) is 22.4. The summed E-state index contributed by atoms with van der Waals surface area (Å²) >= 11 is 0. The molecule has 0 aliphatic carbocycles. The quantitative estimate of drug-likeness (QED) is 0.275. The van der Waals surface area contributed by atoms with Crippen LogP contribution in [-0.4, -0.2) is 31.2 Å². The molecule has 0 fully saturated rings. The number of aryl methyl sites for hydroxylation is 1. The van der Waals surface area contributed by atoms with Crippen LogP contribution in [0, 0.1) is 6.92 Å². The number of amides is 2. The molecule has 3 rings (SSSR count). The van der Waals surface area contributed by atoms with Gasteiger partial charge in [0.25, 0.3) is 11.8 Å². The number of carbonyl (C=O) groups excluding carboxylic acids is 3. The Morgan fingerprint density at radius 3 is 2.32 bits per heavy atom. The maximum Gasteiger partial charge on any atom is 0.513 e. The summed E-state index contributed by atoms with van der Waals surface area (Å²) in [4.78, 5) is 36.8. The number of carbonyl (C=O) groups is 3. The van der Waals surface area contributed by atoms with Crippen LogP contribution >= 0.6 is 0 Å². The van der Waals surface area contributed by atoms with Crippen LogP contribution in [0.15, 0.2) is 66.7 Å².